The van der Waals surface area contributed by atoms with E-state index in [1.807, 2.05) is 20.8 Å². The van der Waals surface area contributed by atoms with E-state index in [0.29, 0.717) is 0 Å². The van der Waals surface area contributed by atoms with Gasteiger partial charge in [0.1, 0.15) is 0 Å². The van der Waals surface area contributed by atoms with Gasteiger partial charge in [0.15, 0.2) is 0 Å². The summed E-state index contributed by atoms with van der Waals surface area (Å²) >= 11 is 0. The van der Waals surface area contributed by atoms with Gasteiger partial charge in [0, 0.05) is 0 Å². The first kappa shape index (κ1) is 12.5. The van der Waals surface area contributed by atoms with Crippen LogP contribution in [0.25, 0.3) is 0 Å². The summed E-state index contributed by atoms with van der Waals surface area (Å²) in [6, 6.07) is -0.565. The molecule has 0 saturated heterocycles. The SMILES string of the molecule is Cc1nnc(NC(=O)[C@@H](N)C(C)C)nc1C. The average molecular weight is 223 g/mol. The lowest BCUT2D eigenvalue weighted by Gasteiger charge is -2.14. The van der Waals surface area contributed by atoms with Crippen molar-refractivity contribution in [3.05, 3.63) is 11.4 Å². The summed E-state index contributed by atoms with van der Waals surface area (Å²) in [5.41, 5.74) is 7.17. The number of nitrogens with one attached hydrogen (secondary N) is 1. The molecule has 0 aliphatic carbocycles. The molecule has 1 aromatic rings. The highest BCUT2D eigenvalue weighted by Crippen LogP contribution is 2.04. The van der Waals surface area contributed by atoms with Gasteiger partial charge in [0.2, 0.25) is 11.9 Å². The Morgan fingerprint density at radius 3 is 2.38 bits per heavy atom. The summed E-state index contributed by atoms with van der Waals surface area (Å²) in [7, 11) is 0. The Morgan fingerprint density at radius 1 is 1.25 bits per heavy atom. The number of aryl methyl sites for hydroxylation is 2. The van der Waals surface area contributed by atoms with Crippen molar-refractivity contribution in [2.75, 3.05) is 5.32 Å². The van der Waals surface area contributed by atoms with E-state index in [9.17, 15) is 4.79 Å². The molecule has 6 nitrogen and oxygen atoms in total. The summed E-state index contributed by atoms with van der Waals surface area (Å²) in [4.78, 5) is 15.7. The molecule has 0 bridgehead atoms. The van der Waals surface area contributed by atoms with Gasteiger partial charge >= 0.3 is 0 Å². The second-order valence-electron chi connectivity index (χ2n) is 4.07. The summed E-state index contributed by atoms with van der Waals surface area (Å²) in [5.74, 6) is -0.0243. The number of nitrogens with zero attached hydrogens (tertiary/aromatic N) is 3. The zero-order chi connectivity index (χ0) is 12.3. The Hall–Kier alpha value is -1.56. The van der Waals surface area contributed by atoms with Gasteiger partial charge in [-0.15, -0.1) is 5.10 Å². The second kappa shape index (κ2) is 4.98. The van der Waals surface area contributed by atoms with E-state index >= 15 is 0 Å². The van der Waals surface area contributed by atoms with Crippen molar-refractivity contribution < 1.29 is 4.79 Å². The maximum absolute atomic E-state index is 11.6. The Labute approximate surface area is 94.7 Å². The zero-order valence-corrected chi connectivity index (χ0v) is 9.98. The summed E-state index contributed by atoms with van der Waals surface area (Å²) in [5, 5.41) is 10.2. The molecule has 1 heterocycles. The Kier molecular flexibility index (Phi) is 3.89. The molecule has 88 valence electrons. The van der Waals surface area contributed by atoms with Crippen molar-refractivity contribution in [2.24, 2.45) is 11.7 Å². The molecule has 0 radical (unpaired) electrons. The maximum Gasteiger partial charge on any atom is 0.249 e. The Balaban J connectivity index is 2.74. The van der Waals surface area contributed by atoms with E-state index in [-0.39, 0.29) is 17.8 Å². The van der Waals surface area contributed by atoms with Gasteiger partial charge in [-0.05, 0) is 19.8 Å². The predicted octanol–water partition coefficient (Wildman–Crippen LogP) is 0.410. The summed E-state index contributed by atoms with van der Waals surface area (Å²) in [6.07, 6.45) is 0. The lowest BCUT2D eigenvalue weighted by molar-refractivity contribution is -0.118. The zero-order valence-electron chi connectivity index (χ0n) is 9.98. The third-order valence-electron chi connectivity index (χ3n) is 2.35. The highest BCUT2D eigenvalue weighted by molar-refractivity contribution is 5.93. The standard InChI is InChI=1S/C10H17N5O/c1-5(2)8(11)9(16)13-10-12-6(3)7(4)14-15-10/h5,8H,11H2,1-4H3,(H,12,13,15,16)/t8-/m0/s1. The number of aromatic nitrogens is 3. The second-order valence-corrected chi connectivity index (χ2v) is 4.07. The number of anilines is 1. The maximum atomic E-state index is 11.6. The molecule has 16 heavy (non-hydrogen) atoms. The van der Waals surface area contributed by atoms with Crippen molar-refractivity contribution in [3.63, 3.8) is 0 Å². The van der Waals surface area contributed by atoms with Crippen molar-refractivity contribution >= 4 is 11.9 Å². The molecule has 0 unspecified atom stereocenters. The lowest BCUT2D eigenvalue weighted by Crippen LogP contribution is -2.40. The number of hydrogen-bond donors (Lipinski definition) is 2. The first-order chi connectivity index (χ1) is 7.41. The minimum atomic E-state index is -0.565. The number of carbonyl (C=O) groups excluding carboxylic acids is 1. The van der Waals surface area contributed by atoms with Gasteiger partial charge in [-0.1, -0.05) is 13.8 Å². The van der Waals surface area contributed by atoms with E-state index in [1.165, 1.54) is 0 Å². The van der Waals surface area contributed by atoms with Gasteiger partial charge in [0.25, 0.3) is 0 Å². The van der Waals surface area contributed by atoms with Crippen LogP contribution in [-0.2, 0) is 4.79 Å². The molecule has 1 rings (SSSR count). The van der Waals surface area contributed by atoms with E-state index in [0.717, 1.165) is 11.4 Å². The minimum absolute atomic E-state index is 0.0690. The van der Waals surface area contributed by atoms with Crippen LogP contribution in [0.1, 0.15) is 25.2 Å². The molecular weight excluding hydrogens is 206 g/mol. The molecule has 3 N–H and O–H groups in total. The summed E-state index contributed by atoms with van der Waals surface area (Å²) in [6.45, 7) is 7.37. The molecule has 1 atom stereocenters. The monoisotopic (exact) mass is 223 g/mol. The van der Waals surface area contributed by atoms with Gasteiger partial charge in [0.05, 0.1) is 17.4 Å². The van der Waals surface area contributed by atoms with Crippen LogP contribution in [0.5, 0.6) is 0 Å². The predicted molar refractivity (Wildman–Crippen MR) is 60.7 cm³/mol. The minimum Gasteiger partial charge on any atom is -0.320 e. The van der Waals surface area contributed by atoms with E-state index in [4.69, 9.17) is 5.73 Å². The molecule has 0 fully saturated rings. The highest BCUT2D eigenvalue weighted by Gasteiger charge is 2.18. The van der Waals surface area contributed by atoms with Crippen LogP contribution in [0.15, 0.2) is 0 Å². The van der Waals surface area contributed by atoms with Gasteiger partial charge in [-0.3, -0.25) is 10.1 Å². The molecule has 0 aliphatic rings. The fraction of sp³-hybridized carbons (Fsp3) is 0.600. The number of amides is 1. The van der Waals surface area contributed by atoms with Gasteiger partial charge < -0.3 is 5.73 Å². The average Bonchev–Trinajstić information content (AvgIpc) is 2.22. The number of rotatable bonds is 3. The van der Waals surface area contributed by atoms with E-state index in [2.05, 4.69) is 20.5 Å². The number of hydrogen-bond acceptors (Lipinski definition) is 5. The Bertz CT molecular complexity index is 391. The normalized spacial score (nSPS) is 12.6. The number of nitrogens with two attached hydrogens (primary N) is 1. The topological polar surface area (TPSA) is 93.8 Å². The summed E-state index contributed by atoms with van der Waals surface area (Å²) < 4.78 is 0. The number of carbonyl (C=O) groups is 1. The molecular formula is C10H17N5O. The third-order valence-corrected chi connectivity index (χ3v) is 2.35. The van der Waals surface area contributed by atoms with Crippen LogP contribution >= 0.6 is 0 Å². The van der Waals surface area contributed by atoms with Crippen LogP contribution in [0.4, 0.5) is 5.95 Å². The first-order valence-corrected chi connectivity index (χ1v) is 5.16. The van der Waals surface area contributed by atoms with Crippen LogP contribution in [0.3, 0.4) is 0 Å². The molecule has 1 amide bonds. The van der Waals surface area contributed by atoms with Crippen LogP contribution in [0, 0.1) is 19.8 Å². The lowest BCUT2D eigenvalue weighted by atomic mass is 10.1. The van der Waals surface area contributed by atoms with Crippen molar-refractivity contribution in [1.82, 2.24) is 15.2 Å². The quantitative estimate of drug-likeness (QED) is 0.774. The Morgan fingerprint density at radius 2 is 1.88 bits per heavy atom. The highest BCUT2D eigenvalue weighted by atomic mass is 16.2. The third kappa shape index (κ3) is 2.96. The van der Waals surface area contributed by atoms with E-state index in [1.54, 1.807) is 6.92 Å². The van der Waals surface area contributed by atoms with Crippen molar-refractivity contribution in [3.8, 4) is 0 Å². The molecule has 1 aromatic heterocycles. The van der Waals surface area contributed by atoms with Gasteiger partial charge in [-0.25, -0.2) is 4.98 Å². The van der Waals surface area contributed by atoms with Gasteiger partial charge in [-0.2, -0.15) is 5.10 Å². The smallest absolute Gasteiger partial charge is 0.249 e. The molecule has 0 saturated carbocycles. The molecule has 0 aliphatic heterocycles. The fourth-order valence-electron chi connectivity index (χ4n) is 1.01. The van der Waals surface area contributed by atoms with Crippen LogP contribution in [0.2, 0.25) is 0 Å². The molecule has 0 aromatic carbocycles. The fourth-order valence-corrected chi connectivity index (χ4v) is 1.01. The molecule has 6 heteroatoms. The largest absolute Gasteiger partial charge is 0.320 e. The van der Waals surface area contributed by atoms with Crippen molar-refractivity contribution in [1.29, 1.82) is 0 Å². The van der Waals surface area contributed by atoms with E-state index < -0.39 is 6.04 Å². The van der Waals surface area contributed by atoms with Crippen LogP contribution < -0.4 is 11.1 Å². The van der Waals surface area contributed by atoms with Crippen LogP contribution in [-0.4, -0.2) is 27.1 Å². The van der Waals surface area contributed by atoms with Crippen molar-refractivity contribution in [2.45, 2.75) is 33.7 Å². The first-order valence-electron chi connectivity index (χ1n) is 5.16. The molecule has 0 spiro atoms.